The van der Waals surface area contributed by atoms with E-state index in [1.807, 2.05) is 0 Å². The summed E-state index contributed by atoms with van der Waals surface area (Å²) in [6.45, 7) is 10.7. The normalized spacial score (nSPS) is 10.5. The molecule has 0 spiro atoms. The lowest BCUT2D eigenvalue weighted by Gasteiger charge is -2.28. The van der Waals surface area contributed by atoms with Crippen LogP contribution in [0.15, 0.2) is 56.2 Å². The highest BCUT2D eigenvalue weighted by molar-refractivity contribution is 5.98. The van der Waals surface area contributed by atoms with Crippen LogP contribution in [-0.2, 0) is 4.79 Å². The van der Waals surface area contributed by atoms with Gasteiger partial charge in [0.25, 0.3) is 5.91 Å². The fourth-order valence-corrected chi connectivity index (χ4v) is 1.97. The minimum Gasteiger partial charge on any atom is -0.479 e. The Morgan fingerprint density at radius 3 is 2.00 bits per heavy atom. The molecule has 0 atom stereocenters. The minimum absolute atomic E-state index is 0.116. The van der Waals surface area contributed by atoms with Crippen LogP contribution in [0.5, 0.6) is 0 Å². The third kappa shape index (κ3) is 3.92. The van der Waals surface area contributed by atoms with Crippen LogP contribution in [0.25, 0.3) is 6.08 Å². The second-order valence-corrected chi connectivity index (χ2v) is 4.65. The topological polar surface area (TPSA) is 66.4 Å². The molecule has 1 amide bonds. The number of carboxylic acids is 1. The van der Waals surface area contributed by atoms with E-state index in [9.17, 15) is 14.7 Å². The monoisotopic (exact) mass is 285 g/mol. The van der Waals surface area contributed by atoms with Gasteiger partial charge in [-0.05, 0) is 30.5 Å². The van der Waals surface area contributed by atoms with Crippen molar-refractivity contribution < 1.29 is 14.7 Å². The molecule has 110 valence electrons. The van der Waals surface area contributed by atoms with Crippen LogP contribution in [-0.4, -0.2) is 22.5 Å². The first kappa shape index (κ1) is 16.4. The maximum absolute atomic E-state index is 12.2. The van der Waals surface area contributed by atoms with E-state index in [0.29, 0.717) is 5.56 Å². The first-order valence-electron chi connectivity index (χ1n) is 6.49. The van der Waals surface area contributed by atoms with Gasteiger partial charge in [0, 0.05) is 5.56 Å². The molecule has 1 aromatic rings. The van der Waals surface area contributed by atoms with Crippen molar-refractivity contribution in [2.45, 2.75) is 18.4 Å². The fourth-order valence-electron chi connectivity index (χ4n) is 1.97. The first-order chi connectivity index (χ1) is 9.99. The van der Waals surface area contributed by atoms with Crippen LogP contribution in [0.1, 0.15) is 28.8 Å². The Labute approximate surface area is 124 Å². The number of nitrogens with one attached hydrogen (secondary N) is 1. The summed E-state index contributed by atoms with van der Waals surface area (Å²) in [5.41, 5.74) is -0.148. The van der Waals surface area contributed by atoms with Gasteiger partial charge in [-0.2, -0.15) is 0 Å². The van der Waals surface area contributed by atoms with Crippen LogP contribution < -0.4 is 5.32 Å². The van der Waals surface area contributed by atoms with E-state index in [1.165, 1.54) is 12.2 Å². The van der Waals surface area contributed by atoms with Crippen molar-refractivity contribution in [2.24, 2.45) is 0 Å². The number of carbonyl (C=O) groups is 2. The van der Waals surface area contributed by atoms with Crippen molar-refractivity contribution in [3.8, 4) is 0 Å². The van der Waals surface area contributed by atoms with E-state index < -0.39 is 17.4 Å². The number of benzene rings is 1. The van der Waals surface area contributed by atoms with Crippen LogP contribution in [0.2, 0.25) is 0 Å². The number of aliphatic carboxylic acids is 1. The summed E-state index contributed by atoms with van der Waals surface area (Å²) in [4.78, 5) is 23.8. The van der Waals surface area contributed by atoms with Gasteiger partial charge in [-0.15, -0.1) is 13.2 Å². The number of hydrogen-bond acceptors (Lipinski definition) is 2. The Bertz CT molecular complexity index is 548. The van der Waals surface area contributed by atoms with Crippen molar-refractivity contribution in [3.63, 3.8) is 0 Å². The molecular formula is C17H19NO3. The maximum Gasteiger partial charge on any atom is 0.330 e. The van der Waals surface area contributed by atoms with Gasteiger partial charge in [-0.25, -0.2) is 4.79 Å². The third-order valence-corrected chi connectivity index (χ3v) is 3.16. The highest BCUT2D eigenvalue weighted by Gasteiger charge is 2.37. The molecule has 0 fully saturated rings. The molecule has 0 radical (unpaired) electrons. The number of hydrogen-bond donors (Lipinski definition) is 2. The molecule has 0 aliphatic rings. The largest absolute Gasteiger partial charge is 0.479 e. The van der Waals surface area contributed by atoms with Gasteiger partial charge in [-0.1, -0.05) is 36.9 Å². The van der Waals surface area contributed by atoms with Crippen molar-refractivity contribution in [2.75, 3.05) is 0 Å². The van der Waals surface area contributed by atoms with Crippen molar-refractivity contribution in [3.05, 3.63) is 67.3 Å². The summed E-state index contributed by atoms with van der Waals surface area (Å²) < 4.78 is 0. The lowest BCUT2D eigenvalue weighted by Crippen LogP contribution is -2.54. The predicted molar refractivity (Wildman–Crippen MR) is 84.0 cm³/mol. The van der Waals surface area contributed by atoms with E-state index >= 15 is 0 Å². The molecule has 1 aromatic carbocycles. The van der Waals surface area contributed by atoms with Crippen LogP contribution in [0.3, 0.4) is 0 Å². The van der Waals surface area contributed by atoms with Crippen LogP contribution >= 0.6 is 0 Å². The maximum atomic E-state index is 12.2. The summed E-state index contributed by atoms with van der Waals surface area (Å²) in [5, 5.41) is 12.0. The number of carboxylic acid groups (broad SMARTS) is 1. The predicted octanol–water partition coefficient (Wildman–Crippen LogP) is 3.04. The zero-order valence-corrected chi connectivity index (χ0v) is 11.8. The molecule has 1 rings (SSSR count). The average molecular weight is 285 g/mol. The average Bonchev–Trinajstić information content (AvgIpc) is 2.47. The fraction of sp³-hybridized carbons (Fsp3) is 0.176. The van der Waals surface area contributed by atoms with Gasteiger partial charge in [0.1, 0.15) is 5.54 Å². The molecule has 0 saturated heterocycles. The molecular weight excluding hydrogens is 266 g/mol. The molecule has 0 unspecified atom stereocenters. The number of amides is 1. The van der Waals surface area contributed by atoms with E-state index in [2.05, 4.69) is 25.1 Å². The lowest BCUT2D eigenvalue weighted by atomic mass is 9.90. The SMILES string of the molecule is C=CCC(CC=C)(NC(=O)c1ccc(C=C)cc1)C(=O)O. The Balaban J connectivity index is 3.03. The second-order valence-electron chi connectivity index (χ2n) is 4.65. The van der Waals surface area contributed by atoms with Gasteiger partial charge >= 0.3 is 5.97 Å². The highest BCUT2D eigenvalue weighted by Crippen LogP contribution is 2.19. The molecule has 0 aliphatic heterocycles. The molecule has 2 N–H and O–H groups in total. The molecule has 4 nitrogen and oxygen atoms in total. The van der Waals surface area contributed by atoms with Crippen molar-refractivity contribution >= 4 is 18.0 Å². The molecule has 4 heteroatoms. The molecule has 21 heavy (non-hydrogen) atoms. The minimum atomic E-state index is -1.42. The third-order valence-electron chi connectivity index (χ3n) is 3.16. The summed E-state index contributed by atoms with van der Waals surface area (Å²) in [6.07, 6.45) is 4.84. The Morgan fingerprint density at radius 1 is 1.10 bits per heavy atom. The van der Waals surface area contributed by atoms with Crippen molar-refractivity contribution in [1.29, 1.82) is 0 Å². The van der Waals surface area contributed by atoms with Gasteiger partial charge < -0.3 is 10.4 Å². The standard InChI is InChI=1S/C17H19NO3/c1-4-11-17(12-5-2,16(20)21)18-15(19)14-9-7-13(6-3)8-10-14/h4-10H,1-3,11-12H2,(H,18,19)(H,20,21). The summed E-state index contributed by atoms with van der Waals surface area (Å²) in [5.74, 6) is -1.56. The quantitative estimate of drug-likeness (QED) is 0.721. The van der Waals surface area contributed by atoms with Crippen LogP contribution in [0, 0.1) is 0 Å². The number of rotatable bonds is 8. The molecule has 0 aromatic heterocycles. The Kier molecular flexibility index (Phi) is 5.67. The van der Waals surface area contributed by atoms with Gasteiger partial charge in [-0.3, -0.25) is 4.79 Å². The Morgan fingerprint density at radius 2 is 1.62 bits per heavy atom. The van der Waals surface area contributed by atoms with Crippen LogP contribution in [0.4, 0.5) is 0 Å². The smallest absolute Gasteiger partial charge is 0.330 e. The Hall–Kier alpha value is -2.62. The molecule has 0 heterocycles. The summed E-state index contributed by atoms with van der Waals surface area (Å²) in [7, 11) is 0. The molecule has 0 bridgehead atoms. The van der Waals surface area contributed by atoms with E-state index in [-0.39, 0.29) is 12.8 Å². The number of carbonyl (C=O) groups excluding carboxylic acids is 1. The van der Waals surface area contributed by atoms with E-state index in [4.69, 9.17) is 0 Å². The zero-order chi connectivity index (χ0) is 15.9. The zero-order valence-electron chi connectivity index (χ0n) is 11.8. The summed E-state index contributed by atoms with van der Waals surface area (Å²) >= 11 is 0. The summed E-state index contributed by atoms with van der Waals surface area (Å²) in [6, 6.07) is 6.73. The van der Waals surface area contributed by atoms with Gasteiger partial charge in [0.15, 0.2) is 0 Å². The van der Waals surface area contributed by atoms with E-state index in [1.54, 1.807) is 30.3 Å². The molecule has 0 saturated carbocycles. The van der Waals surface area contributed by atoms with Gasteiger partial charge in [0.2, 0.25) is 0 Å². The first-order valence-corrected chi connectivity index (χ1v) is 6.49. The highest BCUT2D eigenvalue weighted by atomic mass is 16.4. The molecule has 0 aliphatic carbocycles. The lowest BCUT2D eigenvalue weighted by molar-refractivity contribution is -0.144. The van der Waals surface area contributed by atoms with E-state index in [0.717, 1.165) is 5.56 Å². The van der Waals surface area contributed by atoms with Crippen molar-refractivity contribution in [1.82, 2.24) is 5.32 Å². The van der Waals surface area contributed by atoms with Gasteiger partial charge in [0.05, 0.1) is 0 Å². The second kappa shape index (κ2) is 7.24.